The van der Waals surface area contributed by atoms with E-state index in [2.05, 4.69) is 15.9 Å². The molecule has 1 aromatic carbocycles. The minimum atomic E-state index is -0.308. The summed E-state index contributed by atoms with van der Waals surface area (Å²) in [5.41, 5.74) is 1.68. The lowest BCUT2D eigenvalue weighted by Gasteiger charge is -2.10. The molecule has 4 heteroatoms. The minimum Gasteiger partial charge on any atom is -0.207 e. The van der Waals surface area contributed by atoms with Gasteiger partial charge in [0.25, 0.3) is 0 Å². The third-order valence-corrected chi connectivity index (χ3v) is 5.06. The van der Waals surface area contributed by atoms with Crippen LogP contribution in [-0.4, -0.2) is 0 Å². The highest BCUT2D eigenvalue weighted by Crippen LogP contribution is 2.39. The Morgan fingerprint density at radius 1 is 1.24 bits per heavy atom. The number of thiophene rings is 1. The van der Waals surface area contributed by atoms with E-state index in [0.717, 1.165) is 20.5 Å². The van der Waals surface area contributed by atoms with E-state index in [1.807, 2.05) is 26.0 Å². The van der Waals surface area contributed by atoms with Gasteiger partial charge < -0.3 is 0 Å². The molecule has 0 nitrogen and oxygen atoms in total. The maximum absolute atomic E-state index is 13.3. The van der Waals surface area contributed by atoms with Gasteiger partial charge in [-0.3, -0.25) is 0 Å². The number of hydrogen-bond acceptors (Lipinski definition) is 1. The van der Waals surface area contributed by atoms with Gasteiger partial charge >= 0.3 is 0 Å². The number of hydrogen-bond donors (Lipinski definition) is 0. The highest BCUT2D eigenvalue weighted by Gasteiger charge is 2.17. The molecule has 1 unspecified atom stereocenters. The average molecular weight is 334 g/mol. The Bertz CT molecular complexity index is 530. The Labute approximate surface area is 118 Å². The molecule has 0 saturated carbocycles. The van der Waals surface area contributed by atoms with Gasteiger partial charge in [0.1, 0.15) is 5.82 Å². The van der Waals surface area contributed by atoms with Crippen molar-refractivity contribution >= 4 is 38.9 Å². The minimum absolute atomic E-state index is 0.241. The molecule has 0 spiro atoms. The maximum Gasteiger partial charge on any atom is 0.123 e. The van der Waals surface area contributed by atoms with Gasteiger partial charge in [0, 0.05) is 14.2 Å². The maximum atomic E-state index is 13.3. The Kier molecular flexibility index (Phi) is 3.91. The zero-order valence-corrected chi connectivity index (χ0v) is 12.6. The molecule has 0 N–H and O–H groups in total. The summed E-state index contributed by atoms with van der Waals surface area (Å²) in [6.45, 7) is 3.89. The third-order valence-electron chi connectivity index (χ3n) is 2.42. The van der Waals surface area contributed by atoms with E-state index in [0.29, 0.717) is 0 Å². The van der Waals surface area contributed by atoms with Crippen LogP contribution in [0.4, 0.5) is 4.39 Å². The second kappa shape index (κ2) is 5.09. The fourth-order valence-corrected chi connectivity index (χ4v) is 4.13. The van der Waals surface area contributed by atoms with Crippen molar-refractivity contribution in [1.29, 1.82) is 0 Å². The van der Waals surface area contributed by atoms with Gasteiger partial charge in [-0.25, -0.2) is 4.39 Å². The summed E-state index contributed by atoms with van der Waals surface area (Å²) in [5.74, 6) is -0.241. The van der Waals surface area contributed by atoms with Crippen LogP contribution in [0.5, 0.6) is 0 Å². The molecule has 0 amide bonds. The van der Waals surface area contributed by atoms with Crippen LogP contribution in [0.1, 0.15) is 26.3 Å². The molecule has 0 fully saturated rings. The first-order valence-corrected chi connectivity index (χ1v) is 7.19. The van der Waals surface area contributed by atoms with Crippen LogP contribution in [0.3, 0.4) is 0 Å². The van der Waals surface area contributed by atoms with Crippen LogP contribution in [0.15, 0.2) is 28.7 Å². The molecular weight excluding hydrogens is 323 g/mol. The third kappa shape index (κ3) is 2.90. The summed E-state index contributed by atoms with van der Waals surface area (Å²) in [6, 6.07) is 6.94. The van der Waals surface area contributed by atoms with Gasteiger partial charge in [-0.1, -0.05) is 6.07 Å². The molecule has 90 valence electrons. The predicted octanol–water partition coefficient (Wildman–Crippen LogP) is 5.59. The number of benzene rings is 1. The Morgan fingerprint density at radius 2 is 1.94 bits per heavy atom. The molecule has 1 atom stereocenters. The molecule has 0 aliphatic heterocycles. The second-order valence-electron chi connectivity index (χ2n) is 3.99. The van der Waals surface area contributed by atoms with E-state index in [1.165, 1.54) is 17.0 Å². The summed E-state index contributed by atoms with van der Waals surface area (Å²) >= 11 is 11.5. The molecule has 0 radical (unpaired) electrons. The predicted molar refractivity (Wildman–Crippen MR) is 75.6 cm³/mol. The number of rotatable bonds is 2. The molecule has 0 saturated heterocycles. The number of halogens is 3. The fraction of sp³-hybridized carbons (Fsp3) is 0.231. The fourth-order valence-electron chi connectivity index (χ4n) is 1.74. The van der Waals surface area contributed by atoms with Crippen LogP contribution in [-0.2, 0) is 0 Å². The zero-order valence-electron chi connectivity index (χ0n) is 9.43. The van der Waals surface area contributed by atoms with E-state index in [9.17, 15) is 4.39 Å². The molecule has 2 aromatic rings. The van der Waals surface area contributed by atoms with Crippen molar-refractivity contribution < 1.29 is 4.39 Å². The van der Waals surface area contributed by atoms with Crippen LogP contribution in [0.25, 0.3) is 0 Å². The smallest absolute Gasteiger partial charge is 0.123 e. The summed E-state index contributed by atoms with van der Waals surface area (Å²) in [7, 11) is 0. The molecule has 2 rings (SSSR count). The van der Waals surface area contributed by atoms with Crippen molar-refractivity contribution in [1.82, 2.24) is 0 Å². The average Bonchev–Trinajstić information content (AvgIpc) is 2.55. The van der Waals surface area contributed by atoms with E-state index in [1.54, 1.807) is 11.3 Å². The van der Waals surface area contributed by atoms with Crippen LogP contribution >= 0.6 is 38.9 Å². The van der Waals surface area contributed by atoms with Crippen molar-refractivity contribution in [2.75, 3.05) is 0 Å². The van der Waals surface area contributed by atoms with Crippen LogP contribution in [0.2, 0.25) is 0 Å². The first-order valence-electron chi connectivity index (χ1n) is 5.14. The molecular formula is C13H11BrClFS. The monoisotopic (exact) mass is 332 g/mol. The molecule has 17 heavy (non-hydrogen) atoms. The van der Waals surface area contributed by atoms with Gasteiger partial charge in [-0.05, 0) is 59.1 Å². The topological polar surface area (TPSA) is 0 Å². The highest BCUT2D eigenvalue weighted by molar-refractivity contribution is 9.10. The van der Waals surface area contributed by atoms with Gasteiger partial charge in [0.2, 0.25) is 0 Å². The molecule has 1 heterocycles. The lowest BCUT2D eigenvalue weighted by molar-refractivity contribution is 0.624. The van der Waals surface area contributed by atoms with Gasteiger partial charge in [-0.15, -0.1) is 22.9 Å². The Morgan fingerprint density at radius 3 is 2.47 bits per heavy atom. The highest BCUT2D eigenvalue weighted by atomic mass is 79.9. The van der Waals surface area contributed by atoms with E-state index in [-0.39, 0.29) is 11.2 Å². The largest absolute Gasteiger partial charge is 0.207 e. The van der Waals surface area contributed by atoms with Crippen molar-refractivity contribution in [2.24, 2.45) is 0 Å². The zero-order chi connectivity index (χ0) is 12.6. The lowest BCUT2D eigenvalue weighted by atomic mass is 10.1. The van der Waals surface area contributed by atoms with Crippen LogP contribution < -0.4 is 0 Å². The van der Waals surface area contributed by atoms with Crippen molar-refractivity contribution in [3.63, 3.8) is 0 Å². The van der Waals surface area contributed by atoms with E-state index >= 15 is 0 Å². The summed E-state index contributed by atoms with van der Waals surface area (Å²) < 4.78 is 14.3. The van der Waals surface area contributed by atoms with Crippen molar-refractivity contribution in [3.05, 3.63) is 55.4 Å². The van der Waals surface area contributed by atoms with E-state index < -0.39 is 0 Å². The summed E-state index contributed by atoms with van der Waals surface area (Å²) in [4.78, 5) is 2.21. The van der Waals surface area contributed by atoms with Crippen LogP contribution in [0, 0.1) is 19.7 Å². The normalized spacial score (nSPS) is 12.8. The SMILES string of the molecule is Cc1cc(F)cc(C(Cl)c2sc(C)cc2Br)c1. The Balaban J connectivity index is 2.43. The van der Waals surface area contributed by atoms with E-state index in [4.69, 9.17) is 11.6 Å². The second-order valence-corrected chi connectivity index (χ2v) is 6.57. The van der Waals surface area contributed by atoms with Crippen molar-refractivity contribution in [2.45, 2.75) is 19.2 Å². The van der Waals surface area contributed by atoms with Gasteiger partial charge in [0.15, 0.2) is 0 Å². The number of aryl methyl sites for hydroxylation is 2. The van der Waals surface area contributed by atoms with Gasteiger partial charge in [-0.2, -0.15) is 0 Å². The molecule has 0 aliphatic carbocycles. The summed E-state index contributed by atoms with van der Waals surface area (Å²) in [5, 5.41) is -0.308. The van der Waals surface area contributed by atoms with Gasteiger partial charge in [0.05, 0.1) is 5.38 Å². The molecule has 0 aliphatic rings. The standard InChI is InChI=1S/C13H11BrClFS/c1-7-3-9(6-10(16)4-7)12(15)13-11(14)5-8(2)17-13/h3-6,12H,1-2H3. The van der Waals surface area contributed by atoms with Crippen molar-refractivity contribution in [3.8, 4) is 0 Å². The number of alkyl halides is 1. The first kappa shape index (κ1) is 13.1. The molecule has 0 bridgehead atoms. The lowest BCUT2D eigenvalue weighted by Crippen LogP contribution is -1.93. The quantitative estimate of drug-likeness (QED) is 0.628. The Hall–Kier alpha value is -0.380. The first-order chi connectivity index (χ1) is 7.97. The summed E-state index contributed by atoms with van der Waals surface area (Å²) in [6.07, 6.45) is 0. The molecule has 1 aromatic heterocycles.